The Balaban J connectivity index is 2.16. The van der Waals surface area contributed by atoms with E-state index in [1.807, 2.05) is 0 Å². The quantitative estimate of drug-likeness (QED) is 0.509. The number of amides is 1. The van der Waals surface area contributed by atoms with Gasteiger partial charge in [-0.15, -0.1) is 0 Å². The van der Waals surface area contributed by atoms with Crippen molar-refractivity contribution in [1.29, 1.82) is 0 Å². The highest BCUT2D eigenvalue weighted by Crippen LogP contribution is 2.39. The summed E-state index contributed by atoms with van der Waals surface area (Å²) in [4.78, 5) is 25.8. The smallest absolute Gasteiger partial charge is 0.295 e. The second-order valence-corrected chi connectivity index (χ2v) is 5.10. The Hall–Kier alpha value is -2.86. The number of nitrogens with zero attached hydrogens (tertiary/aromatic N) is 1. The number of carbonyl (C=O) groups is 2. The molecular formula is C17H15NO5. The summed E-state index contributed by atoms with van der Waals surface area (Å²) in [6, 6.07) is 10.9. The number of benzene rings is 1. The van der Waals surface area contributed by atoms with Crippen LogP contribution in [0.25, 0.3) is 5.76 Å². The lowest BCUT2D eigenvalue weighted by Gasteiger charge is -2.22. The molecular weight excluding hydrogens is 298 g/mol. The van der Waals surface area contributed by atoms with Gasteiger partial charge in [-0.3, -0.25) is 9.59 Å². The van der Waals surface area contributed by atoms with Gasteiger partial charge >= 0.3 is 0 Å². The van der Waals surface area contributed by atoms with Crippen LogP contribution in [0.4, 0.5) is 0 Å². The first kappa shape index (κ1) is 15.1. The van der Waals surface area contributed by atoms with E-state index in [1.165, 1.54) is 11.2 Å². The Bertz CT molecular complexity index is 749. The fraction of sp³-hybridized carbons (Fsp3) is 0.176. The topological polar surface area (TPSA) is 91.0 Å². The highest BCUT2D eigenvalue weighted by Gasteiger charge is 2.47. The van der Waals surface area contributed by atoms with Crippen LogP contribution in [0.1, 0.15) is 17.4 Å². The zero-order valence-electron chi connectivity index (χ0n) is 12.2. The first-order valence-electron chi connectivity index (χ1n) is 7.13. The molecule has 0 saturated carbocycles. The Kier molecular flexibility index (Phi) is 3.99. The van der Waals surface area contributed by atoms with Gasteiger partial charge in [0.1, 0.15) is 17.6 Å². The minimum atomic E-state index is -0.850. The highest BCUT2D eigenvalue weighted by molar-refractivity contribution is 6.46. The van der Waals surface area contributed by atoms with Crippen LogP contribution in [0.3, 0.4) is 0 Å². The van der Waals surface area contributed by atoms with Crippen molar-refractivity contribution >= 4 is 17.4 Å². The minimum Gasteiger partial charge on any atom is -0.507 e. The molecule has 2 aromatic rings. The van der Waals surface area contributed by atoms with Crippen molar-refractivity contribution < 1.29 is 24.2 Å². The van der Waals surface area contributed by atoms with Gasteiger partial charge < -0.3 is 19.5 Å². The summed E-state index contributed by atoms with van der Waals surface area (Å²) in [5, 5.41) is 19.7. The fourth-order valence-corrected chi connectivity index (χ4v) is 2.71. The number of likely N-dealkylation sites (tertiary alicyclic amines) is 1. The van der Waals surface area contributed by atoms with Crippen molar-refractivity contribution in [3.05, 3.63) is 65.6 Å². The van der Waals surface area contributed by atoms with Crippen LogP contribution >= 0.6 is 0 Å². The molecule has 1 unspecified atom stereocenters. The molecule has 6 heteroatoms. The third kappa shape index (κ3) is 2.53. The number of β-amino-alcohol motifs (C(OH)–C–C–N with tert-alkyl or cyclic N) is 1. The van der Waals surface area contributed by atoms with E-state index in [1.54, 1.807) is 42.5 Å². The molecule has 1 aromatic carbocycles. The first-order valence-corrected chi connectivity index (χ1v) is 7.13. The molecule has 1 aliphatic rings. The van der Waals surface area contributed by atoms with Crippen molar-refractivity contribution in [3.8, 4) is 0 Å². The van der Waals surface area contributed by atoms with Crippen molar-refractivity contribution in [2.45, 2.75) is 6.04 Å². The molecule has 23 heavy (non-hydrogen) atoms. The second-order valence-electron chi connectivity index (χ2n) is 5.10. The van der Waals surface area contributed by atoms with Crippen LogP contribution in [-0.2, 0) is 9.59 Å². The maximum absolute atomic E-state index is 12.4. The summed E-state index contributed by atoms with van der Waals surface area (Å²) in [5.41, 5.74) is 0.399. The number of carbonyl (C=O) groups excluding carboxylic acids is 2. The molecule has 1 saturated heterocycles. The van der Waals surface area contributed by atoms with Gasteiger partial charge in [0.05, 0.1) is 18.4 Å². The highest BCUT2D eigenvalue weighted by atomic mass is 16.3. The van der Waals surface area contributed by atoms with Crippen LogP contribution < -0.4 is 0 Å². The number of ketones is 1. The number of rotatable bonds is 4. The summed E-state index contributed by atoms with van der Waals surface area (Å²) in [6.45, 7) is -0.322. The average molecular weight is 313 g/mol. The summed E-state index contributed by atoms with van der Waals surface area (Å²) >= 11 is 0. The van der Waals surface area contributed by atoms with E-state index < -0.39 is 17.7 Å². The molecule has 6 nitrogen and oxygen atoms in total. The van der Waals surface area contributed by atoms with Gasteiger partial charge in [-0.05, 0) is 12.1 Å². The molecule has 0 bridgehead atoms. The lowest BCUT2D eigenvalue weighted by molar-refractivity contribution is -0.140. The molecule has 1 amide bonds. The Morgan fingerprint density at radius 3 is 2.48 bits per heavy atom. The van der Waals surface area contributed by atoms with Gasteiger partial charge in [0.25, 0.3) is 11.7 Å². The van der Waals surface area contributed by atoms with E-state index in [0.29, 0.717) is 11.3 Å². The maximum Gasteiger partial charge on any atom is 0.295 e. The molecule has 3 rings (SSSR count). The van der Waals surface area contributed by atoms with Crippen LogP contribution in [0.15, 0.2) is 58.7 Å². The lowest BCUT2D eigenvalue weighted by atomic mass is 9.99. The third-order valence-corrected chi connectivity index (χ3v) is 3.74. The van der Waals surface area contributed by atoms with Crippen LogP contribution in [0.2, 0.25) is 0 Å². The standard InChI is InChI=1S/C17H15NO5/c19-9-8-18-14(12-7-4-10-23-12)13(16(21)17(18)22)15(20)11-5-2-1-3-6-11/h1-7,10,14,19-20H,8-9H2/b15-13-. The van der Waals surface area contributed by atoms with Crippen molar-refractivity contribution in [2.75, 3.05) is 13.2 Å². The zero-order chi connectivity index (χ0) is 16.4. The molecule has 0 radical (unpaired) electrons. The normalized spacial score (nSPS) is 20.2. The Morgan fingerprint density at radius 1 is 1.13 bits per heavy atom. The van der Waals surface area contributed by atoms with Gasteiger partial charge in [-0.1, -0.05) is 30.3 Å². The molecule has 1 aliphatic heterocycles. The Labute approximate surface area is 132 Å². The molecule has 2 N–H and O–H groups in total. The predicted octanol–water partition coefficient (Wildman–Crippen LogP) is 1.69. The number of aliphatic hydroxyl groups is 2. The molecule has 2 heterocycles. The van der Waals surface area contributed by atoms with Crippen molar-refractivity contribution in [2.24, 2.45) is 0 Å². The largest absolute Gasteiger partial charge is 0.507 e. The van der Waals surface area contributed by atoms with E-state index in [2.05, 4.69) is 0 Å². The van der Waals surface area contributed by atoms with Crippen LogP contribution in [0.5, 0.6) is 0 Å². The van der Waals surface area contributed by atoms with Crippen molar-refractivity contribution in [1.82, 2.24) is 4.90 Å². The summed E-state index contributed by atoms with van der Waals surface area (Å²) in [6.07, 6.45) is 1.43. The maximum atomic E-state index is 12.4. The van der Waals surface area contributed by atoms with E-state index in [-0.39, 0.29) is 24.5 Å². The average Bonchev–Trinajstić information content (AvgIpc) is 3.18. The summed E-state index contributed by atoms with van der Waals surface area (Å²) in [5.74, 6) is -1.46. The molecule has 118 valence electrons. The van der Waals surface area contributed by atoms with E-state index in [4.69, 9.17) is 4.42 Å². The number of Topliss-reactive ketones (excluding diaryl/α,β-unsaturated/α-hetero) is 1. The molecule has 1 aromatic heterocycles. The lowest BCUT2D eigenvalue weighted by Crippen LogP contribution is -2.32. The van der Waals surface area contributed by atoms with Gasteiger partial charge in [0.2, 0.25) is 0 Å². The van der Waals surface area contributed by atoms with Crippen LogP contribution in [-0.4, -0.2) is 40.0 Å². The predicted molar refractivity (Wildman–Crippen MR) is 81.2 cm³/mol. The van der Waals surface area contributed by atoms with E-state index in [0.717, 1.165) is 0 Å². The number of hydrogen-bond acceptors (Lipinski definition) is 5. The molecule has 1 atom stereocenters. The molecule has 1 fully saturated rings. The van der Waals surface area contributed by atoms with Crippen molar-refractivity contribution in [3.63, 3.8) is 0 Å². The molecule has 0 spiro atoms. The SMILES string of the molecule is O=C1C(=O)N(CCO)C(c2ccco2)/C1=C(/O)c1ccccc1. The fourth-order valence-electron chi connectivity index (χ4n) is 2.71. The summed E-state index contributed by atoms with van der Waals surface area (Å²) < 4.78 is 5.33. The molecule has 0 aliphatic carbocycles. The number of furan rings is 1. The Morgan fingerprint density at radius 2 is 1.87 bits per heavy atom. The van der Waals surface area contributed by atoms with E-state index in [9.17, 15) is 19.8 Å². The monoisotopic (exact) mass is 313 g/mol. The summed E-state index contributed by atoms with van der Waals surface area (Å²) in [7, 11) is 0. The zero-order valence-corrected chi connectivity index (χ0v) is 12.2. The number of aliphatic hydroxyl groups excluding tert-OH is 2. The van der Waals surface area contributed by atoms with Gasteiger partial charge in [0.15, 0.2) is 0 Å². The second kappa shape index (κ2) is 6.10. The minimum absolute atomic E-state index is 0.0263. The van der Waals surface area contributed by atoms with Gasteiger partial charge in [0, 0.05) is 12.1 Å². The van der Waals surface area contributed by atoms with Gasteiger partial charge in [-0.25, -0.2) is 0 Å². The van der Waals surface area contributed by atoms with Crippen LogP contribution in [0, 0.1) is 0 Å². The van der Waals surface area contributed by atoms with Gasteiger partial charge in [-0.2, -0.15) is 0 Å². The first-order chi connectivity index (χ1) is 11.1. The van der Waals surface area contributed by atoms with E-state index >= 15 is 0 Å². The number of hydrogen-bond donors (Lipinski definition) is 2. The third-order valence-electron chi connectivity index (χ3n) is 3.74.